The van der Waals surface area contributed by atoms with Gasteiger partial charge in [0.2, 0.25) is 0 Å². The summed E-state index contributed by atoms with van der Waals surface area (Å²) in [5, 5.41) is 14.1. The first-order valence-electron chi connectivity index (χ1n) is 6.01. The summed E-state index contributed by atoms with van der Waals surface area (Å²) in [5.41, 5.74) is 5.81. The standard InChI is InChI=1S/C13H19N3O4/c1-8(12(14)16-18)7-15-13(17)10-6-9(19-2)4-5-11(10)20-3/h4-6,8,18H,7H2,1-3H3,(H2,14,16)(H,15,17). The minimum atomic E-state index is -0.321. The lowest BCUT2D eigenvalue weighted by atomic mass is 10.1. The number of hydrogen-bond donors (Lipinski definition) is 3. The Morgan fingerprint density at radius 3 is 2.70 bits per heavy atom. The number of nitrogens with one attached hydrogen (secondary N) is 1. The second kappa shape index (κ2) is 7.22. The largest absolute Gasteiger partial charge is 0.497 e. The second-order valence-corrected chi connectivity index (χ2v) is 4.20. The molecule has 0 bridgehead atoms. The Bertz CT molecular complexity index is 502. The summed E-state index contributed by atoms with van der Waals surface area (Å²) in [6.45, 7) is 1.98. The number of nitrogens with zero attached hydrogens (tertiary/aromatic N) is 1. The molecule has 0 saturated carbocycles. The predicted molar refractivity (Wildman–Crippen MR) is 74.5 cm³/mol. The number of amidine groups is 1. The second-order valence-electron chi connectivity index (χ2n) is 4.20. The molecule has 1 amide bonds. The molecule has 0 saturated heterocycles. The third-order valence-corrected chi connectivity index (χ3v) is 2.84. The summed E-state index contributed by atoms with van der Waals surface area (Å²) < 4.78 is 10.2. The van der Waals surface area contributed by atoms with Gasteiger partial charge in [0, 0.05) is 12.5 Å². The number of ether oxygens (including phenoxy) is 2. The summed E-state index contributed by atoms with van der Waals surface area (Å²) in [4.78, 5) is 12.1. The molecule has 0 aliphatic rings. The van der Waals surface area contributed by atoms with Gasteiger partial charge in [0.15, 0.2) is 0 Å². The Balaban J connectivity index is 2.81. The van der Waals surface area contributed by atoms with Crippen molar-refractivity contribution in [2.75, 3.05) is 20.8 Å². The van der Waals surface area contributed by atoms with Crippen molar-refractivity contribution in [3.05, 3.63) is 23.8 Å². The molecule has 7 heteroatoms. The molecule has 0 radical (unpaired) electrons. The van der Waals surface area contributed by atoms with Gasteiger partial charge in [-0.1, -0.05) is 12.1 Å². The van der Waals surface area contributed by atoms with Crippen LogP contribution < -0.4 is 20.5 Å². The van der Waals surface area contributed by atoms with Crippen molar-refractivity contribution in [1.82, 2.24) is 5.32 Å². The zero-order chi connectivity index (χ0) is 15.1. The van der Waals surface area contributed by atoms with E-state index in [1.807, 2.05) is 0 Å². The van der Waals surface area contributed by atoms with E-state index >= 15 is 0 Å². The normalized spacial score (nSPS) is 12.7. The van der Waals surface area contributed by atoms with Crippen LogP contribution in [0.4, 0.5) is 0 Å². The highest BCUT2D eigenvalue weighted by atomic mass is 16.5. The highest BCUT2D eigenvalue weighted by molar-refractivity contribution is 5.97. The molecule has 0 spiro atoms. The maximum Gasteiger partial charge on any atom is 0.255 e. The van der Waals surface area contributed by atoms with Gasteiger partial charge in [-0.25, -0.2) is 0 Å². The van der Waals surface area contributed by atoms with Gasteiger partial charge in [0.25, 0.3) is 5.91 Å². The van der Waals surface area contributed by atoms with E-state index in [-0.39, 0.29) is 24.2 Å². The average Bonchev–Trinajstić information content (AvgIpc) is 2.50. The fourth-order valence-electron chi connectivity index (χ4n) is 1.54. The van der Waals surface area contributed by atoms with E-state index < -0.39 is 0 Å². The van der Waals surface area contributed by atoms with E-state index in [0.717, 1.165) is 0 Å². The van der Waals surface area contributed by atoms with Gasteiger partial charge >= 0.3 is 0 Å². The zero-order valence-corrected chi connectivity index (χ0v) is 11.7. The molecule has 0 aromatic heterocycles. The van der Waals surface area contributed by atoms with Crippen LogP contribution in [-0.2, 0) is 0 Å². The number of hydrogen-bond acceptors (Lipinski definition) is 5. The predicted octanol–water partition coefficient (Wildman–Crippen LogP) is 0.816. The Labute approximate surface area is 117 Å². The van der Waals surface area contributed by atoms with Crippen LogP contribution in [0, 0.1) is 5.92 Å². The maximum atomic E-state index is 12.1. The van der Waals surface area contributed by atoms with Gasteiger partial charge in [-0.05, 0) is 18.2 Å². The van der Waals surface area contributed by atoms with Crippen LogP contribution in [0.3, 0.4) is 0 Å². The summed E-state index contributed by atoms with van der Waals surface area (Å²) in [5.74, 6) is 0.460. The Hall–Kier alpha value is -2.44. The lowest BCUT2D eigenvalue weighted by Gasteiger charge is -2.13. The third-order valence-electron chi connectivity index (χ3n) is 2.84. The molecule has 0 aliphatic carbocycles. The Morgan fingerprint density at radius 1 is 1.45 bits per heavy atom. The first kappa shape index (κ1) is 15.6. The molecule has 20 heavy (non-hydrogen) atoms. The van der Waals surface area contributed by atoms with Crippen molar-refractivity contribution in [3.63, 3.8) is 0 Å². The molecule has 1 aromatic carbocycles. The molecule has 1 atom stereocenters. The molecule has 4 N–H and O–H groups in total. The van der Waals surface area contributed by atoms with E-state index in [1.165, 1.54) is 14.2 Å². The van der Waals surface area contributed by atoms with Crippen molar-refractivity contribution in [2.24, 2.45) is 16.8 Å². The topological polar surface area (TPSA) is 106 Å². The highest BCUT2D eigenvalue weighted by Gasteiger charge is 2.15. The van der Waals surface area contributed by atoms with Crippen LogP contribution >= 0.6 is 0 Å². The minimum absolute atomic E-state index is 0.0582. The number of carbonyl (C=O) groups excluding carboxylic acids is 1. The number of oxime groups is 1. The quantitative estimate of drug-likeness (QED) is 0.310. The van der Waals surface area contributed by atoms with E-state index in [4.69, 9.17) is 20.4 Å². The summed E-state index contributed by atoms with van der Waals surface area (Å²) >= 11 is 0. The minimum Gasteiger partial charge on any atom is -0.497 e. The van der Waals surface area contributed by atoms with Crippen LogP contribution in [0.15, 0.2) is 23.4 Å². The summed E-state index contributed by atoms with van der Waals surface area (Å²) in [6, 6.07) is 4.94. The molecule has 1 unspecified atom stereocenters. The van der Waals surface area contributed by atoms with Gasteiger partial charge in [-0.2, -0.15) is 0 Å². The summed E-state index contributed by atoms with van der Waals surface area (Å²) in [7, 11) is 3.00. The number of carbonyl (C=O) groups is 1. The molecular formula is C13H19N3O4. The average molecular weight is 281 g/mol. The Kier molecular flexibility index (Phi) is 5.64. The van der Waals surface area contributed by atoms with Crippen LogP contribution in [0.25, 0.3) is 0 Å². The lowest BCUT2D eigenvalue weighted by Crippen LogP contribution is -2.34. The lowest BCUT2D eigenvalue weighted by molar-refractivity contribution is 0.0947. The molecular weight excluding hydrogens is 262 g/mol. The maximum absolute atomic E-state index is 12.1. The molecule has 1 rings (SSSR count). The zero-order valence-electron chi connectivity index (χ0n) is 11.7. The van der Waals surface area contributed by atoms with Crippen molar-refractivity contribution >= 4 is 11.7 Å². The number of benzene rings is 1. The molecule has 0 heterocycles. The van der Waals surface area contributed by atoms with Gasteiger partial charge in [0.1, 0.15) is 17.3 Å². The van der Waals surface area contributed by atoms with Crippen molar-refractivity contribution in [2.45, 2.75) is 6.92 Å². The highest BCUT2D eigenvalue weighted by Crippen LogP contribution is 2.23. The van der Waals surface area contributed by atoms with E-state index in [0.29, 0.717) is 17.1 Å². The Morgan fingerprint density at radius 2 is 2.15 bits per heavy atom. The fraction of sp³-hybridized carbons (Fsp3) is 0.385. The number of methoxy groups -OCH3 is 2. The molecule has 0 fully saturated rings. The smallest absolute Gasteiger partial charge is 0.255 e. The van der Waals surface area contributed by atoms with E-state index in [1.54, 1.807) is 25.1 Å². The number of amides is 1. The molecule has 7 nitrogen and oxygen atoms in total. The first-order valence-corrected chi connectivity index (χ1v) is 6.01. The van der Waals surface area contributed by atoms with E-state index in [2.05, 4.69) is 10.5 Å². The number of rotatable bonds is 6. The van der Waals surface area contributed by atoms with Gasteiger partial charge in [-0.15, -0.1) is 0 Å². The van der Waals surface area contributed by atoms with Crippen LogP contribution in [-0.4, -0.2) is 37.7 Å². The van der Waals surface area contributed by atoms with Crippen molar-refractivity contribution in [1.29, 1.82) is 0 Å². The van der Waals surface area contributed by atoms with Gasteiger partial charge < -0.3 is 25.7 Å². The third kappa shape index (κ3) is 3.78. The fourth-order valence-corrected chi connectivity index (χ4v) is 1.54. The monoisotopic (exact) mass is 281 g/mol. The van der Waals surface area contributed by atoms with E-state index in [9.17, 15) is 4.79 Å². The van der Waals surface area contributed by atoms with Crippen LogP contribution in [0.2, 0.25) is 0 Å². The van der Waals surface area contributed by atoms with Gasteiger partial charge in [0.05, 0.1) is 19.8 Å². The van der Waals surface area contributed by atoms with Crippen LogP contribution in [0.5, 0.6) is 11.5 Å². The molecule has 110 valence electrons. The summed E-state index contributed by atoms with van der Waals surface area (Å²) in [6.07, 6.45) is 0. The van der Waals surface area contributed by atoms with Crippen LogP contribution in [0.1, 0.15) is 17.3 Å². The van der Waals surface area contributed by atoms with Gasteiger partial charge in [-0.3, -0.25) is 4.79 Å². The number of nitrogens with two attached hydrogens (primary N) is 1. The SMILES string of the molecule is COc1ccc(OC)c(C(=O)NCC(C)C(N)=NO)c1. The van der Waals surface area contributed by atoms with Crippen molar-refractivity contribution in [3.8, 4) is 11.5 Å². The first-order chi connectivity index (χ1) is 9.53. The molecule has 1 aromatic rings. The van der Waals surface area contributed by atoms with Crippen molar-refractivity contribution < 1.29 is 19.5 Å². The molecule has 0 aliphatic heterocycles.